The van der Waals surface area contributed by atoms with E-state index in [1.54, 1.807) is 17.0 Å². The van der Waals surface area contributed by atoms with Crippen molar-refractivity contribution >= 4 is 58.4 Å². The molecule has 0 spiro atoms. The van der Waals surface area contributed by atoms with E-state index in [0.29, 0.717) is 23.2 Å². The summed E-state index contributed by atoms with van der Waals surface area (Å²) in [6.07, 6.45) is 3.68. The molecule has 0 radical (unpaired) electrons. The summed E-state index contributed by atoms with van der Waals surface area (Å²) < 4.78 is 21.0. The van der Waals surface area contributed by atoms with Crippen LogP contribution in [0.15, 0.2) is 40.4 Å². The zero-order valence-corrected chi connectivity index (χ0v) is 26.5. The third kappa shape index (κ3) is 5.24. The predicted molar refractivity (Wildman–Crippen MR) is 164 cm³/mol. The van der Waals surface area contributed by atoms with Crippen LogP contribution in [0.25, 0.3) is 17.3 Å². The van der Waals surface area contributed by atoms with E-state index in [1.165, 1.54) is 26.0 Å². The molecule has 1 N–H and O–H groups in total. The Bertz CT molecular complexity index is 1620. The number of aliphatic carboxylic acids is 1. The van der Waals surface area contributed by atoms with Crippen LogP contribution in [-0.4, -0.2) is 28.7 Å². The minimum absolute atomic E-state index is 0.0194. The quantitative estimate of drug-likeness (QED) is 0.274. The maximum absolute atomic E-state index is 15.5. The monoisotopic (exact) mass is 632 g/mol. The van der Waals surface area contributed by atoms with Gasteiger partial charge in [-0.3, -0.25) is 4.79 Å². The molecule has 0 saturated heterocycles. The first-order chi connectivity index (χ1) is 19.4. The predicted octanol–water partition coefficient (Wildman–Crippen LogP) is 9.35. The van der Waals surface area contributed by atoms with Crippen LogP contribution in [0.2, 0.25) is 15.1 Å². The number of carbonyl (C=O) groups is 2. The van der Waals surface area contributed by atoms with Gasteiger partial charge in [-0.1, -0.05) is 79.8 Å². The molecule has 5 rings (SSSR count). The molecule has 10 heteroatoms. The Kier molecular flexibility index (Phi) is 7.57. The number of amides is 1. The Morgan fingerprint density at radius 2 is 1.74 bits per heavy atom. The normalized spacial score (nSPS) is 19.3. The lowest BCUT2D eigenvalue weighted by Crippen LogP contribution is -2.37. The molecule has 6 nitrogen and oxygen atoms in total. The number of nitrogens with zero attached hydrogens (tertiary/aromatic N) is 2. The highest BCUT2D eigenvalue weighted by atomic mass is 35.5. The lowest BCUT2D eigenvalue weighted by atomic mass is 9.76. The van der Waals surface area contributed by atoms with Gasteiger partial charge < -0.3 is 14.5 Å². The lowest BCUT2D eigenvalue weighted by Gasteiger charge is -2.27. The van der Waals surface area contributed by atoms with Crippen LogP contribution in [0.4, 0.5) is 10.1 Å². The average molecular weight is 634 g/mol. The molecule has 1 unspecified atom stereocenters. The fourth-order valence-corrected chi connectivity index (χ4v) is 6.97. The number of anilines is 1. The van der Waals surface area contributed by atoms with E-state index in [9.17, 15) is 14.7 Å². The standard InChI is InChI=1S/C32H32Cl3FN2O4/c1-30(2,3)19(29(40)41)12-16-8-7-9-22-25(16)32(6,17-10-11-17)15-38(22)28(39)24-26(37-42-27(24)31(4,5)36)23-20(34)13-18(33)14-21(23)35/h7-9,12-14,17H,10-11,15H2,1-6H3,(H,40,41)/b19-12-. The van der Waals surface area contributed by atoms with Gasteiger partial charge in [0.1, 0.15) is 11.3 Å². The second-order valence-electron chi connectivity index (χ2n) is 12.9. The van der Waals surface area contributed by atoms with Crippen LogP contribution in [0.5, 0.6) is 0 Å². The number of alkyl halides is 1. The number of aromatic nitrogens is 1. The van der Waals surface area contributed by atoms with Crippen molar-refractivity contribution < 1.29 is 23.6 Å². The van der Waals surface area contributed by atoms with E-state index in [2.05, 4.69) is 12.1 Å². The average Bonchev–Trinajstić information content (AvgIpc) is 3.55. The van der Waals surface area contributed by atoms with E-state index in [4.69, 9.17) is 39.3 Å². The highest BCUT2D eigenvalue weighted by Gasteiger charge is 2.52. The van der Waals surface area contributed by atoms with Gasteiger partial charge in [0.25, 0.3) is 5.91 Å². The van der Waals surface area contributed by atoms with Gasteiger partial charge in [0.05, 0.1) is 10.0 Å². The summed E-state index contributed by atoms with van der Waals surface area (Å²) in [6, 6.07) is 8.46. The maximum atomic E-state index is 15.5. The second kappa shape index (κ2) is 10.4. The third-order valence-electron chi connectivity index (χ3n) is 8.17. The summed E-state index contributed by atoms with van der Waals surface area (Å²) >= 11 is 19.2. The van der Waals surface area contributed by atoms with E-state index in [0.717, 1.165) is 24.0 Å². The summed E-state index contributed by atoms with van der Waals surface area (Å²) in [5.74, 6) is -1.47. The Morgan fingerprint density at radius 1 is 1.12 bits per heavy atom. The third-order valence-corrected chi connectivity index (χ3v) is 8.99. The number of fused-ring (bicyclic) bond motifs is 1. The molecular weight excluding hydrogens is 602 g/mol. The first kappa shape index (κ1) is 30.6. The van der Waals surface area contributed by atoms with Crippen LogP contribution in [0, 0.1) is 11.3 Å². The van der Waals surface area contributed by atoms with Crippen molar-refractivity contribution in [2.24, 2.45) is 11.3 Å². The van der Waals surface area contributed by atoms with Gasteiger partial charge in [0.2, 0.25) is 0 Å². The largest absolute Gasteiger partial charge is 0.478 e. The number of benzene rings is 2. The van der Waals surface area contributed by atoms with E-state index in [-0.39, 0.29) is 38.2 Å². The zero-order valence-electron chi connectivity index (χ0n) is 24.2. The van der Waals surface area contributed by atoms with Gasteiger partial charge in [-0.05, 0) is 73.4 Å². The van der Waals surface area contributed by atoms with Crippen molar-refractivity contribution in [2.45, 2.75) is 65.5 Å². The lowest BCUT2D eigenvalue weighted by molar-refractivity contribution is -0.133. The molecule has 1 aliphatic heterocycles. The minimum atomic E-state index is -2.06. The van der Waals surface area contributed by atoms with Gasteiger partial charge >= 0.3 is 5.97 Å². The first-order valence-corrected chi connectivity index (χ1v) is 14.8. The molecule has 0 bridgehead atoms. The molecule has 2 aliphatic rings. The molecule has 2 aromatic carbocycles. The summed E-state index contributed by atoms with van der Waals surface area (Å²) in [6.45, 7) is 10.6. The molecule has 2 heterocycles. The first-order valence-electron chi connectivity index (χ1n) is 13.7. The number of carboxylic acids is 1. The summed E-state index contributed by atoms with van der Waals surface area (Å²) in [4.78, 5) is 28.5. The Hall–Kier alpha value is -2.87. The zero-order chi connectivity index (χ0) is 30.9. The molecule has 1 aromatic heterocycles. The molecule has 1 amide bonds. The molecule has 1 aliphatic carbocycles. The van der Waals surface area contributed by atoms with Crippen LogP contribution in [0.3, 0.4) is 0 Å². The van der Waals surface area contributed by atoms with Gasteiger partial charge in [-0.25, -0.2) is 9.18 Å². The molecule has 222 valence electrons. The van der Waals surface area contributed by atoms with Gasteiger partial charge in [0, 0.05) is 33.8 Å². The van der Waals surface area contributed by atoms with Crippen LogP contribution in [0.1, 0.15) is 81.6 Å². The Labute approximate surface area is 259 Å². The molecular formula is C32H32Cl3FN2O4. The Morgan fingerprint density at radius 3 is 2.26 bits per heavy atom. The van der Waals surface area contributed by atoms with Gasteiger partial charge in [0.15, 0.2) is 11.4 Å². The van der Waals surface area contributed by atoms with Gasteiger partial charge in [-0.15, -0.1) is 0 Å². The highest BCUT2D eigenvalue weighted by Crippen LogP contribution is 2.56. The fourth-order valence-electron chi connectivity index (χ4n) is 5.98. The molecule has 3 aromatic rings. The van der Waals surface area contributed by atoms with Crippen LogP contribution >= 0.6 is 34.8 Å². The molecule has 1 atom stereocenters. The van der Waals surface area contributed by atoms with Crippen molar-refractivity contribution in [1.82, 2.24) is 5.16 Å². The fraction of sp³-hybridized carbons (Fsp3) is 0.406. The smallest absolute Gasteiger partial charge is 0.332 e. The summed E-state index contributed by atoms with van der Waals surface area (Å²) in [5.41, 5.74) is -0.464. The second-order valence-corrected chi connectivity index (χ2v) is 14.1. The number of rotatable bonds is 6. The molecule has 1 saturated carbocycles. The molecule has 42 heavy (non-hydrogen) atoms. The highest BCUT2D eigenvalue weighted by molar-refractivity contribution is 6.42. The Balaban J connectivity index is 1.73. The van der Waals surface area contributed by atoms with Crippen molar-refractivity contribution in [2.75, 3.05) is 11.4 Å². The SMILES string of the molecule is CC(C)(C)/C(=C\c1cccc2c1C(C)(C1CC1)CN2C(=O)c1c(-c2c(Cl)cc(Cl)cc2Cl)noc1C(C)(C)F)C(=O)O. The number of hydrogen-bond acceptors (Lipinski definition) is 4. The molecule has 1 fully saturated rings. The van der Waals surface area contributed by atoms with E-state index < -0.39 is 28.4 Å². The van der Waals surface area contributed by atoms with Crippen molar-refractivity contribution in [3.05, 3.63) is 73.4 Å². The topological polar surface area (TPSA) is 83.6 Å². The van der Waals surface area contributed by atoms with E-state index >= 15 is 4.39 Å². The number of carbonyl (C=O) groups excluding carboxylic acids is 1. The summed E-state index contributed by atoms with van der Waals surface area (Å²) in [7, 11) is 0. The summed E-state index contributed by atoms with van der Waals surface area (Å²) in [5, 5.41) is 14.7. The van der Waals surface area contributed by atoms with E-state index in [1.807, 2.05) is 32.9 Å². The van der Waals surface area contributed by atoms with Crippen LogP contribution < -0.4 is 4.90 Å². The van der Waals surface area contributed by atoms with Crippen LogP contribution in [-0.2, 0) is 15.9 Å². The van der Waals surface area contributed by atoms with Crippen molar-refractivity contribution in [1.29, 1.82) is 0 Å². The minimum Gasteiger partial charge on any atom is -0.478 e. The van der Waals surface area contributed by atoms with Crippen molar-refractivity contribution in [3.8, 4) is 11.3 Å². The van der Waals surface area contributed by atoms with Gasteiger partial charge in [-0.2, -0.15) is 0 Å². The number of hydrogen-bond donors (Lipinski definition) is 1. The maximum Gasteiger partial charge on any atom is 0.332 e. The van der Waals surface area contributed by atoms with Crippen molar-refractivity contribution in [3.63, 3.8) is 0 Å². The number of halogens is 4. The number of carboxylic acid groups (broad SMARTS) is 1.